The number of rotatable bonds is 12. The summed E-state index contributed by atoms with van der Waals surface area (Å²) in [6, 6.07) is 13.9. The number of nitrogens with zero attached hydrogens (tertiary/aromatic N) is 1. The fourth-order valence-electron chi connectivity index (χ4n) is 4.39. The minimum absolute atomic E-state index is 0.270. The summed E-state index contributed by atoms with van der Waals surface area (Å²) in [5.74, 6) is 0.0712. The van der Waals surface area contributed by atoms with Crippen LogP contribution in [0.5, 0.6) is 0 Å². The van der Waals surface area contributed by atoms with Gasteiger partial charge in [0.2, 0.25) is 11.8 Å². The fraction of sp³-hybridized carbons (Fsp3) is 0.531. The number of hydrogen-bond acceptors (Lipinski definition) is 5. The molecule has 7 nitrogen and oxygen atoms in total. The Morgan fingerprint density at radius 2 is 1.65 bits per heavy atom. The van der Waals surface area contributed by atoms with Crippen molar-refractivity contribution in [1.82, 2.24) is 15.5 Å². The summed E-state index contributed by atoms with van der Waals surface area (Å²) in [5.41, 5.74) is 2.23. The van der Waals surface area contributed by atoms with Crippen LogP contribution in [-0.4, -0.2) is 52.0 Å². The van der Waals surface area contributed by atoms with Crippen molar-refractivity contribution in [3.63, 3.8) is 0 Å². The number of ether oxygens (including phenoxy) is 1. The minimum atomic E-state index is -0.900. The van der Waals surface area contributed by atoms with E-state index in [-0.39, 0.29) is 11.8 Å². The number of nitrogens with one attached hydrogen (secondary N) is 2. The molecule has 0 bridgehead atoms. The van der Waals surface area contributed by atoms with E-state index < -0.39 is 29.3 Å². The summed E-state index contributed by atoms with van der Waals surface area (Å²) in [6.45, 7) is 15.5. The predicted octanol–water partition coefficient (Wildman–Crippen LogP) is 6.32. The summed E-state index contributed by atoms with van der Waals surface area (Å²) < 4.78 is 5.50. The van der Waals surface area contributed by atoms with Gasteiger partial charge in [-0.25, -0.2) is 4.79 Å². The topological polar surface area (TPSA) is 87.7 Å². The second-order valence-electron chi connectivity index (χ2n) is 11.8. The third-order valence-electron chi connectivity index (χ3n) is 6.90. The zero-order valence-corrected chi connectivity index (χ0v) is 26.4. The Labute approximate surface area is 244 Å². The summed E-state index contributed by atoms with van der Waals surface area (Å²) in [6.07, 6.45) is 2.31. The van der Waals surface area contributed by atoms with Crippen molar-refractivity contribution in [3.8, 4) is 0 Å². The monoisotopic (exact) mass is 569 g/mol. The molecule has 40 heavy (non-hydrogen) atoms. The van der Waals surface area contributed by atoms with Crippen molar-refractivity contribution < 1.29 is 19.1 Å². The number of amides is 3. The highest BCUT2D eigenvalue weighted by molar-refractivity contribution is 7.98. The lowest BCUT2D eigenvalue weighted by Crippen LogP contribution is -2.59. The highest BCUT2D eigenvalue weighted by Gasteiger charge is 2.43. The van der Waals surface area contributed by atoms with Gasteiger partial charge in [0.15, 0.2) is 0 Å². The number of aryl methyl sites for hydroxylation is 2. The van der Waals surface area contributed by atoms with Gasteiger partial charge in [0, 0.05) is 12.1 Å². The molecule has 0 aliphatic carbocycles. The van der Waals surface area contributed by atoms with Gasteiger partial charge in [-0.1, -0.05) is 61.0 Å². The summed E-state index contributed by atoms with van der Waals surface area (Å²) in [5, 5.41) is 5.90. The average Bonchev–Trinajstić information content (AvgIpc) is 2.88. The van der Waals surface area contributed by atoms with Crippen molar-refractivity contribution in [1.29, 1.82) is 0 Å². The van der Waals surface area contributed by atoms with Crippen molar-refractivity contribution in [3.05, 3.63) is 70.8 Å². The van der Waals surface area contributed by atoms with E-state index in [0.29, 0.717) is 25.1 Å². The van der Waals surface area contributed by atoms with Crippen molar-refractivity contribution in [2.45, 2.75) is 98.0 Å². The van der Waals surface area contributed by atoms with Gasteiger partial charge in [0.1, 0.15) is 17.7 Å². The van der Waals surface area contributed by atoms with Crippen LogP contribution in [-0.2, 0) is 20.9 Å². The molecule has 0 aliphatic heterocycles. The third kappa shape index (κ3) is 9.58. The highest BCUT2D eigenvalue weighted by atomic mass is 32.2. The SMILES string of the molecule is CCC(C)(C)N(C(=O)C(CCSC)NC(=O)OC(C)(C)C)C(C(=O)NCc1ccccc1)c1cc(C)ccc1C. The molecule has 0 aliphatic rings. The summed E-state index contributed by atoms with van der Waals surface area (Å²) in [4.78, 5) is 43.1. The van der Waals surface area contributed by atoms with E-state index in [9.17, 15) is 14.4 Å². The van der Waals surface area contributed by atoms with Crippen molar-refractivity contribution in [2.75, 3.05) is 12.0 Å². The quantitative estimate of drug-likeness (QED) is 0.312. The van der Waals surface area contributed by atoms with Crippen molar-refractivity contribution >= 4 is 29.7 Å². The molecule has 2 rings (SSSR count). The first-order valence-electron chi connectivity index (χ1n) is 13.9. The first-order chi connectivity index (χ1) is 18.7. The number of hydrogen-bond donors (Lipinski definition) is 2. The number of benzene rings is 2. The van der Waals surface area contributed by atoms with Crippen LogP contribution in [0.1, 0.15) is 82.7 Å². The Morgan fingerprint density at radius 1 is 1.00 bits per heavy atom. The van der Waals surface area contributed by atoms with Crippen LogP contribution >= 0.6 is 11.8 Å². The lowest BCUT2D eigenvalue weighted by atomic mass is 9.89. The van der Waals surface area contributed by atoms with Gasteiger partial charge in [-0.05, 0) is 90.0 Å². The first-order valence-corrected chi connectivity index (χ1v) is 15.3. The molecule has 0 fully saturated rings. The molecule has 3 amide bonds. The van der Waals surface area contributed by atoms with E-state index in [1.807, 2.05) is 89.4 Å². The molecule has 0 spiro atoms. The van der Waals surface area contributed by atoms with E-state index in [2.05, 4.69) is 10.6 Å². The number of carbonyl (C=O) groups excluding carboxylic acids is 3. The predicted molar refractivity (Wildman–Crippen MR) is 164 cm³/mol. The van der Waals surface area contributed by atoms with Crippen molar-refractivity contribution in [2.24, 2.45) is 0 Å². The molecule has 220 valence electrons. The van der Waals surface area contributed by atoms with Gasteiger partial charge < -0.3 is 20.3 Å². The van der Waals surface area contributed by atoms with Crippen LogP contribution < -0.4 is 10.6 Å². The molecule has 2 unspecified atom stereocenters. The molecular weight excluding hydrogens is 522 g/mol. The molecule has 2 N–H and O–H groups in total. The van der Waals surface area contributed by atoms with E-state index in [1.165, 1.54) is 0 Å². The molecule has 0 saturated carbocycles. The van der Waals surface area contributed by atoms with Gasteiger partial charge in [-0.15, -0.1) is 0 Å². The fourth-order valence-corrected chi connectivity index (χ4v) is 4.86. The molecule has 2 atom stereocenters. The molecule has 0 saturated heterocycles. The van der Waals surface area contributed by atoms with E-state index in [0.717, 1.165) is 22.3 Å². The van der Waals surface area contributed by atoms with Crippen LogP contribution in [0.4, 0.5) is 4.79 Å². The smallest absolute Gasteiger partial charge is 0.408 e. The zero-order valence-electron chi connectivity index (χ0n) is 25.6. The van der Waals surface area contributed by atoms with Crippen LogP contribution in [0, 0.1) is 13.8 Å². The van der Waals surface area contributed by atoms with Crippen LogP contribution in [0.25, 0.3) is 0 Å². The number of carbonyl (C=O) groups is 3. The highest BCUT2D eigenvalue weighted by Crippen LogP contribution is 2.34. The molecule has 2 aromatic rings. The molecule has 0 radical (unpaired) electrons. The van der Waals surface area contributed by atoms with Gasteiger partial charge in [-0.3, -0.25) is 9.59 Å². The largest absolute Gasteiger partial charge is 0.444 e. The van der Waals surface area contributed by atoms with E-state index in [4.69, 9.17) is 4.74 Å². The second kappa shape index (κ2) is 14.6. The molecule has 0 aromatic heterocycles. The maximum atomic E-state index is 14.5. The number of alkyl carbamates (subject to hydrolysis) is 1. The zero-order chi connectivity index (χ0) is 30.1. The first kappa shape index (κ1) is 33.2. The molecule has 0 heterocycles. The Bertz CT molecular complexity index is 1140. The average molecular weight is 570 g/mol. The maximum Gasteiger partial charge on any atom is 0.408 e. The lowest BCUT2D eigenvalue weighted by molar-refractivity contribution is -0.149. The van der Waals surface area contributed by atoms with Gasteiger partial charge >= 0.3 is 6.09 Å². The second-order valence-corrected chi connectivity index (χ2v) is 12.8. The molecule has 8 heteroatoms. The molecule has 2 aromatic carbocycles. The van der Waals surface area contributed by atoms with E-state index >= 15 is 0 Å². The third-order valence-corrected chi connectivity index (χ3v) is 7.54. The van der Waals surface area contributed by atoms with E-state index in [1.54, 1.807) is 37.4 Å². The Hall–Kier alpha value is -3.00. The lowest BCUT2D eigenvalue weighted by Gasteiger charge is -2.45. The summed E-state index contributed by atoms with van der Waals surface area (Å²) >= 11 is 1.59. The summed E-state index contributed by atoms with van der Waals surface area (Å²) in [7, 11) is 0. The van der Waals surface area contributed by atoms with Gasteiger partial charge in [0.25, 0.3) is 0 Å². The maximum absolute atomic E-state index is 14.5. The Kier molecular flexibility index (Phi) is 12.1. The van der Waals surface area contributed by atoms with Crippen LogP contribution in [0.2, 0.25) is 0 Å². The Morgan fingerprint density at radius 3 is 2.23 bits per heavy atom. The normalized spacial score (nSPS) is 13.2. The standard InChI is InChI=1S/C32H47N3O4S/c1-10-32(7,8)35(29(37)26(18-19-40-9)34-30(38)39-31(4,5)6)27(25-20-22(2)16-17-23(25)3)28(36)33-21-24-14-12-11-13-15-24/h11-17,20,26-27H,10,18-19,21H2,1-9H3,(H,33,36)(H,34,38). The minimum Gasteiger partial charge on any atom is -0.444 e. The Balaban J connectivity index is 2.61. The van der Waals surface area contributed by atoms with Crippen LogP contribution in [0.3, 0.4) is 0 Å². The molecular formula is C32H47N3O4S. The number of thioether (sulfide) groups is 1. The van der Waals surface area contributed by atoms with Crippen LogP contribution in [0.15, 0.2) is 48.5 Å². The van der Waals surface area contributed by atoms with Gasteiger partial charge in [-0.2, -0.15) is 11.8 Å². The van der Waals surface area contributed by atoms with Gasteiger partial charge in [0.05, 0.1) is 0 Å².